The van der Waals surface area contributed by atoms with Gasteiger partial charge in [0.1, 0.15) is 0 Å². The van der Waals surface area contributed by atoms with Crippen molar-refractivity contribution < 1.29 is 28.2 Å². The summed E-state index contributed by atoms with van der Waals surface area (Å²) in [6.45, 7) is 3.22. The zero-order chi connectivity index (χ0) is 19.6. The van der Waals surface area contributed by atoms with E-state index in [1.54, 1.807) is 6.92 Å². The number of carboxylic acid groups (broad SMARTS) is 1. The van der Waals surface area contributed by atoms with Crippen LogP contribution in [0.4, 0.5) is 8.78 Å². The molecule has 1 N–H and O–H groups in total. The number of nitrogens with zero attached hydrogens (tertiary/aromatic N) is 1. The van der Waals surface area contributed by atoms with Gasteiger partial charge in [0.05, 0.1) is 23.7 Å². The third kappa shape index (κ3) is 3.14. The Morgan fingerprint density at radius 3 is 2.37 bits per heavy atom. The van der Waals surface area contributed by atoms with Gasteiger partial charge in [-0.1, -0.05) is 11.6 Å². The summed E-state index contributed by atoms with van der Waals surface area (Å²) in [6, 6.07) is 1.56. The van der Waals surface area contributed by atoms with Gasteiger partial charge in [0.2, 0.25) is 0 Å². The van der Waals surface area contributed by atoms with E-state index in [0.717, 1.165) is 25.7 Å². The lowest BCUT2D eigenvalue weighted by Crippen LogP contribution is -2.61. The molecule has 0 unspecified atom stereocenters. The van der Waals surface area contributed by atoms with E-state index in [2.05, 4.69) is 0 Å². The van der Waals surface area contributed by atoms with Crippen LogP contribution in [0.2, 0.25) is 5.02 Å². The van der Waals surface area contributed by atoms with Gasteiger partial charge in [-0.3, -0.25) is 4.90 Å². The SMILES string of the molecule is Cc1c(C(=O)O)cc(Cl)c2c1O[C@@](C)(C1CCC(N3CC(F)(F)C3)CC1)O2. The Labute approximate surface area is 161 Å². The van der Waals surface area contributed by atoms with E-state index in [9.17, 15) is 18.7 Å². The van der Waals surface area contributed by atoms with Gasteiger partial charge in [0.15, 0.2) is 11.5 Å². The Balaban J connectivity index is 1.47. The van der Waals surface area contributed by atoms with Gasteiger partial charge in [-0.25, -0.2) is 13.6 Å². The zero-order valence-corrected chi connectivity index (χ0v) is 16.0. The molecular formula is C19H22ClF2NO4. The topological polar surface area (TPSA) is 59.0 Å². The number of fused-ring (bicyclic) bond motifs is 1. The minimum absolute atomic E-state index is 0.0756. The maximum Gasteiger partial charge on any atom is 0.336 e. The van der Waals surface area contributed by atoms with E-state index in [4.69, 9.17) is 21.1 Å². The van der Waals surface area contributed by atoms with E-state index in [1.165, 1.54) is 6.07 Å². The Hall–Kier alpha value is -1.60. The number of hydrogen-bond acceptors (Lipinski definition) is 4. The van der Waals surface area contributed by atoms with Crippen molar-refractivity contribution in [2.75, 3.05) is 13.1 Å². The van der Waals surface area contributed by atoms with E-state index < -0.39 is 17.7 Å². The van der Waals surface area contributed by atoms with Crippen LogP contribution in [0.25, 0.3) is 0 Å². The van der Waals surface area contributed by atoms with Crippen molar-refractivity contribution in [1.29, 1.82) is 0 Å². The highest BCUT2D eigenvalue weighted by atomic mass is 35.5. The molecule has 8 heteroatoms. The van der Waals surface area contributed by atoms with Crippen LogP contribution in [0.15, 0.2) is 6.07 Å². The van der Waals surface area contributed by atoms with Gasteiger partial charge in [-0.2, -0.15) is 0 Å². The molecule has 0 radical (unpaired) electrons. The number of halogens is 3. The quantitative estimate of drug-likeness (QED) is 0.816. The Bertz CT molecular complexity index is 786. The normalized spacial score (nSPS) is 32.2. The number of hydrogen-bond donors (Lipinski definition) is 1. The number of ether oxygens (including phenoxy) is 2. The van der Waals surface area contributed by atoms with Crippen molar-refractivity contribution in [3.05, 3.63) is 22.2 Å². The fourth-order valence-corrected chi connectivity index (χ4v) is 4.74. The average Bonchev–Trinajstić information content (AvgIpc) is 2.96. The summed E-state index contributed by atoms with van der Waals surface area (Å²) in [5.41, 5.74) is 0.580. The third-order valence-corrected chi connectivity index (χ3v) is 6.38. The number of rotatable bonds is 3. The first kappa shape index (κ1) is 18.7. The van der Waals surface area contributed by atoms with Crippen molar-refractivity contribution in [1.82, 2.24) is 4.90 Å². The molecule has 1 aromatic carbocycles. The average molecular weight is 402 g/mol. The molecule has 5 nitrogen and oxygen atoms in total. The van der Waals surface area contributed by atoms with E-state index in [-0.39, 0.29) is 35.6 Å². The highest BCUT2D eigenvalue weighted by Gasteiger charge is 2.51. The molecule has 3 aliphatic rings. The lowest BCUT2D eigenvalue weighted by Gasteiger charge is -2.47. The fourth-order valence-electron chi connectivity index (χ4n) is 4.51. The first-order chi connectivity index (χ1) is 12.6. The highest BCUT2D eigenvalue weighted by Crippen LogP contribution is 2.52. The molecular weight excluding hydrogens is 380 g/mol. The number of aromatic carboxylic acids is 1. The van der Waals surface area contributed by atoms with E-state index in [1.807, 2.05) is 11.8 Å². The van der Waals surface area contributed by atoms with Crippen LogP contribution in [0.5, 0.6) is 11.5 Å². The van der Waals surface area contributed by atoms with Crippen LogP contribution in [0, 0.1) is 12.8 Å². The van der Waals surface area contributed by atoms with E-state index in [0.29, 0.717) is 17.1 Å². The lowest BCUT2D eigenvalue weighted by molar-refractivity contribution is -0.162. The summed E-state index contributed by atoms with van der Waals surface area (Å²) in [7, 11) is 0. The third-order valence-electron chi connectivity index (χ3n) is 6.10. The maximum atomic E-state index is 13.1. The van der Waals surface area contributed by atoms with Gasteiger partial charge in [-0.05, 0) is 38.7 Å². The van der Waals surface area contributed by atoms with Crippen LogP contribution in [-0.2, 0) is 0 Å². The summed E-state index contributed by atoms with van der Waals surface area (Å²) >= 11 is 6.23. The second kappa shape index (κ2) is 6.21. The standard InChI is InChI=1S/C19H22ClF2NO4/c1-10-13(17(24)25)7-14(20)16-15(10)26-18(2,27-16)11-3-5-12(6-4-11)23-8-19(21,22)9-23/h7,11-12H,3-6,8-9H2,1-2H3,(H,24,25)/t11?,12?,18-/m1/s1. The minimum Gasteiger partial charge on any atom is -0.478 e. The predicted octanol–water partition coefficient (Wildman–Crippen LogP) is 4.34. The summed E-state index contributed by atoms with van der Waals surface area (Å²) in [4.78, 5) is 13.3. The van der Waals surface area contributed by atoms with E-state index >= 15 is 0 Å². The van der Waals surface area contributed by atoms with Crippen molar-refractivity contribution in [3.63, 3.8) is 0 Å². The predicted molar refractivity (Wildman–Crippen MR) is 95.1 cm³/mol. The van der Waals surface area contributed by atoms with Gasteiger partial charge in [0, 0.05) is 24.4 Å². The molecule has 2 fully saturated rings. The number of carboxylic acids is 1. The Morgan fingerprint density at radius 2 is 1.81 bits per heavy atom. The molecule has 1 saturated heterocycles. The number of alkyl halides is 2. The van der Waals surface area contributed by atoms with Gasteiger partial charge in [-0.15, -0.1) is 0 Å². The molecule has 1 aromatic rings. The van der Waals surface area contributed by atoms with Crippen molar-refractivity contribution >= 4 is 17.6 Å². The number of benzene rings is 1. The summed E-state index contributed by atoms with van der Waals surface area (Å²) in [6.07, 6.45) is 3.21. The molecule has 0 spiro atoms. The Kier molecular flexibility index (Phi) is 4.31. The number of likely N-dealkylation sites (tertiary alicyclic amines) is 1. The molecule has 0 aromatic heterocycles. The molecule has 148 valence electrons. The lowest BCUT2D eigenvalue weighted by atomic mass is 9.80. The zero-order valence-electron chi connectivity index (χ0n) is 15.2. The van der Waals surface area contributed by atoms with Crippen LogP contribution in [0.1, 0.15) is 48.5 Å². The van der Waals surface area contributed by atoms with Crippen LogP contribution in [0.3, 0.4) is 0 Å². The largest absolute Gasteiger partial charge is 0.478 e. The van der Waals surface area contributed by atoms with Crippen molar-refractivity contribution in [2.24, 2.45) is 5.92 Å². The second-order valence-electron chi connectivity index (χ2n) is 7.98. The smallest absolute Gasteiger partial charge is 0.336 e. The number of carbonyl (C=O) groups is 1. The van der Waals surface area contributed by atoms with Crippen LogP contribution in [-0.4, -0.2) is 46.8 Å². The molecule has 2 heterocycles. The Morgan fingerprint density at radius 1 is 1.22 bits per heavy atom. The van der Waals surface area contributed by atoms with Gasteiger partial charge < -0.3 is 14.6 Å². The molecule has 1 aliphatic carbocycles. The molecule has 27 heavy (non-hydrogen) atoms. The fraction of sp³-hybridized carbons (Fsp3) is 0.632. The van der Waals surface area contributed by atoms with Gasteiger partial charge in [0.25, 0.3) is 11.7 Å². The van der Waals surface area contributed by atoms with Gasteiger partial charge >= 0.3 is 5.97 Å². The molecule has 1 saturated carbocycles. The monoisotopic (exact) mass is 401 g/mol. The summed E-state index contributed by atoms with van der Waals surface area (Å²) in [5.74, 6) is -3.71. The second-order valence-corrected chi connectivity index (χ2v) is 8.39. The molecule has 0 bridgehead atoms. The first-order valence-corrected chi connectivity index (χ1v) is 9.54. The minimum atomic E-state index is -2.54. The highest BCUT2D eigenvalue weighted by molar-refractivity contribution is 6.32. The van der Waals surface area contributed by atoms with Crippen molar-refractivity contribution in [2.45, 2.75) is 57.3 Å². The summed E-state index contributed by atoms with van der Waals surface area (Å²) < 4.78 is 38.4. The van der Waals surface area contributed by atoms with Crippen LogP contribution >= 0.6 is 11.6 Å². The first-order valence-electron chi connectivity index (χ1n) is 9.16. The molecule has 2 aliphatic heterocycles. The molecule has 0 amide bonds. The maximum absolute atomic E-state index is 13.1. The van der Waals surface area contributed by atoms with Crippen molar-refractivity contribution in [3.8, 4) is 11.5 Å². The summed E-state index contributed by atoms with van der Waals surface area (Å²) in [5, 5.41) is 9.55. The van der Waals surface area contributed by atoms with Crippen LogP contribution < -0.4 is 9.47 Å². The molecule has 1 atom stereocenters. The molecule has 4 rings (SSSR count).